The lowest BCUT2D eigenvalue weighted by Gasteiger charge is -2.46. The molecule has 2 aromatic heterocycles. The van der Waals surface area contributed by atoms with Gasteiger partial charge < -0.3 is 5.11 Å². The molecule has 21 heavy (non-hydrogen) atoms. The third-order valence-corrected chi connectivity index (χ3v) is 3.77. The highest BCUT2D eigenvalue weighted by atomic mass is 16.3. The number of hydrogen-bond donors (Lipinski definition) is 1. The van der Waals surface area contributed by atoms with Gasteiger partial charge in [0.1, 0.15) is 0 Å². The summed E-state index contributed by atoms with van der Waals surface area (Å²) in [5.41, 5.74) is -0.694. The Labute approximate surface area is 121 Å². The summed E-state index contributed by atoms with van der Waals surface area (Å²) in [5.74, 6) is -0.373. The van der Waals surface area contributed by atoms with Crippen molar-refractivity contribution in [3.63, 3.8) is 0 Å². The maximum atomic E-state index is 12.2. The molecule has 0 amide bonds. The Hall–Kier alpha value is -1.99. The molecule has 0 bridgehead atoms. The van der Waals surface area contributed by atoms with Crippen LogP contribution in [0.25, 0.3) is 5.65 Å². The van der Waals surface area contributed by atoms with Crippen molar-refractivity contribution < 1.29 is 9.90 Å². The van der Waals surface area contributed by atoms with Crippen molar-refractivity contribution in [1.29, 1.82) is 0 Å². The molecular weight excluding hydrogens is 272 g/mol. The third-order valence-electron chi connectivity index (χ3n) is 3.77. The number of likely N-dealkylation sites (tertiary alicyclic amines) is 1. The van der Waals surface area contributed by atoms with Gasteiger partial charge in [-0.05, 0) is 18.6 Å². The lowest BCUT2D eigenvalue weighted by atomic mass is 9.89. The molecule has 1 fully saturated rings. The number of pyridine rings is 1. The second-order valence-electron chi connectivity index (χ2n) is 5.64. The van der Waals surface area contributed by atoms with Crippen molar-refractivity contribution in [1.82, 2.24) is 19.1 Å². The van der Waals surface area contributed by atoms with E-state index in [-0.39, 0.29) is 12.5 Å². The zero-order chi connectivity index (χ0) is 15.0. The molecule has 0 aromatic carbocycles. The van der Waals surface area contributed by atoms with Crippen LogP contribution in [-0.2, 0) is 0 Å². The quantitative estimate of drug-likeness (QED) is 0.856. The highest BCUT2D eigenvalue weighted by Crippen LogP contribution is 2.25. The van der Waals surface area contributed by atoms with Gasteiger partial charge in [-0.2, -0.15) is 0 Å². The molecule has 112 valence electrons. The molecule has 3 heterocycles. The molecular formula is C14H18N4O3. The summed E-state index contributed by atoms with van der Waals surface area (Å²) >= 11 is 0. The van der Waals surface area contributed by atoms with E-state index in [0.717, 1.165) is 17.5 Å². The Morgan fingerprint density at radius 2 is 2.19 bits per heavy atom. The highest BCUT2D eigenvalue weighted by Gasteiger charge is 2.41. The summed E-state index contributed by atoms with van der Waals surface area (Å²) in [6.07, 6.45) is 3.22. The summed E-state index contributed by atoms with van der Waals surface area (Å²) in [6, 6.07) is 5.15. The van der Waals surface area contributed by atoms with Crippen molar-refractivity contribution in [3.8, 4) is 0 Å². The molecule has 0 unspecified atom stereocenters. The van der Waals surface area contributed by atoms with E-state index in [9.17, 15) is 14.7 Å². The van der Waals surface area contributed by atoms with Crippen molar-refractivity contribution in [3.05, 3.63) is 34.9 Å². The van der Waals surface area contributed by atoms with Crippen LogP contribution in [0.15, 0.2) is 29.2 Å². The van der Waals surface area contributed by atoms with Crippen LogP contribution >= 0.6 is 0 Å². The van der Waals surface area contributed by atoms with E-state index in [1.807, 2.05) is 11.8 Å². The number of β-amino-alcohol motifs (C(OH)–C–C–N with tert-alkyl or cyclic N) is 1. The van der Waals surface area contributed by atoms with Gasteiger partial charge in [0.05, 0.1) is 12.1 Å². The Bertz CT molecular complexity index is 727. The first-order valence-electron chi connectivity index (χ1n) is 7.07. The fourth-order valence-corrected chi connectivity index (χ4v) is 2.87. The van der Waals surface area contributed by atoms with E-state index in [0.29, 0.717) is 18.7 Å². The summed E-state index contributed by atoms with van der Waals surface area (Å²) in [7, 11) is 0. The SMILES string of the molecule is CCCC1(O)CN(CC(=O)n2nc3ccccn3c2=O)C1. The number of fused-ring (bicyclic) bond motifs is 1. The fraction of sp³-hybridized carbons (Fsp3) is 0.500. The first kappa shape index (κ1) is 14.0. The van der Waals surface area contributed by atoms with Crippen LogP contribution < -0.4 is 5.69 Å². The van der Waals surface area contributed by atoms with Crippen LogP contribution in [0.2, 0.25) is 0 Å². The number of nitrogens with zero attached hydrogens (tertiary/aromatic N) is 4. The number of rotatable bonds is 4. The van der Waals surface area contributed by atoms with Crippen LogP contribution in [0, 0.1) is 0 Å². The van der Waals surface area contributed by atoms with Gasteiger partial charge in [-0.15, -0.1) is 9.78 Å². The molecule has 7 heteroatoms. The van der Waals surface area contributed by atoms with Gasteiger partial charge in [0.25, 0.3) is 5.91 Å². The van der Waals surface area contributed by atoms with Gasteiger partial charge in [-0.3, -0.25) is 9.69 Å². The second kappa shape index (κ2) is 5.09. The molecule has 0 saturated carbocycles. The summed E-state index contributed by atoms with van der Waals surface area (Å²) in [5, 5.41) is 14.1. The van der Waals surface area contributed by atoms with Gasteiger partial charge in [-0.1, -0.05) is 19.4 Å². The normalized spacial score (nSPS) is 17.8. The number of aliphatic hydroxyl groups is 1. The molecule has 7 nitrogen and oxygen atoms in total. The smallest absolute Gasteiger partial charge is 0.357 e. The van der Waals surface area contributed by atoms with Gasteiger partial charge in [0, 0.05) is 19.3 Å². The summed E-state index contributed by atoms with van der Waals surface area (Å²) in [4.78, 5) is 26.1. The van der Waals surface area contributed by atoms with Crippen LogP contribution in [0.1, 0.15) is 24.6 Å². The van der Waals surface area contributed by atoms with Gasteiger partial charge in [0.15, 0.2) is 5.65 Å². The third kappa shape index (κ3) is 2.50. The molecule has 1 aliphatic rings. The van der Waals surface area contributed by atoms with Gasteiger partial charge >= 0.3 is 5.69 Å². The zero-order valence-electron chi connectivity index (χ0n) is 11.9. The Morgan fingerprint density at radius 3 is 2.86 bits per heavy atom. The average Bonchev–Trinajstić information content (AvgIpc) is 2.75. The molecule has 0 aliphatic carbocycles. The second-order valence-corrected chi connectivity index (χ2v) is 5.64. The minimum absolute atomic E-state index is 0.0931. The van der Waals surface area contributed by atoms with Crippen molar-refractivity contribution in [2.75, 3.05) is 19.6 Å². The number of hydrogen-bond acceptors (Lipinski definition) is 5. The Morgan fingerprint density at radius 1 is 1.43 bits per heavy atom. The monoisotopic (exact) mass is 290 g/mol. The molecule has 3 rings (SSSR count). The van der Waals surface area contributed by atoms with E-state index in [2.05, 4.69) is 5.10 Å². The largest absolute Gasteiger partial charge is 0.387 e. The van der Waals surface area contributed by atoms with Crippen LogP contribution in [0.4, 0.5) is 0 Å². The Kier molecular flexibility index (Phi) is 3.38. The van der Waals surface area contributed by atoms with Crippen LogP contribution in [0.5, 0.6) is 0 Å². The van der Waals surface area contributed by atoms with Gasteiger partial charge in [-0.25, -0.2) is 9.20 Å². The molecule has 0 radical (unpaired) electrons. The van der Waals surface area contributed by atoms with Crippen molar-refractivity contribution in [2.24, 2.45) is 0 Å². The lowest BCUT2D eigenvalue weighted by molar-refractivity contribution is -0.0988. The molecule has 0 atom stereocenters. The lowest BCUT2D eigenvalue weighted by Crippen LogP contribution is -2.63. The van der Waals surface area contributed by atoms with E-state index in [1.165, 1.54) is 4.40 Å². The van der Waals surface area contributed by atoms with E-state index in [4.69, 9.17) is 0 Å². The molecule has 1 N–H and O–H groups in total. The molecule has 2 aromatic rings. The predicted molar refractivity (Wildman–Crippen MR) is 76.4 cm³/mol. The molecule has 1 aliphatic heterocycles. The summed E-state index contributed by atoms with van der Waals surface area (Å²) in [6.45, 7) is 3.04. The fourth-order valence-electron chi connectivity index (χ4n) is 2.87. The zero-order valence-corrected chi connectivity index (χ0v) is 11.9. The maximum absolute atomic E-state index is 12.2. The Balaban J connectivity index is 1.71. The topological polar surface area (TPSA) is 79.8 Å². The van der Waals surface area contributed by atoms with E-state index in [1.54, 1.807) is 24.4 Å². The van der Waals surface area contributed by atoms with Crippen molar-refractivity contribution in [2.45, 2.75) is 25.4 Å². The first-order chi connectivity index (χ1) is 10.0. The minimum atomic E-state index is -0.682. The number of carbonyl (C=O) groups is 1. The van der Waals surface area contributed by atoms with E-state index < -0.39 is 11.3 Å². The molecule has 1 saturated heterocycles. The van der Waals surface area contributed by atoms with Crippen LogP contribution in [-0.4, -0.2) is 55.3 Å². The number of aromatic nitrogens is 3. The van der Waals surface area contributed by atoms with E-state index >= 15 is 0 Å². The average molecular weight is 290 g/mol. The standard InChI is InChI=1S/C14H18N4O3/c1-2-6-14(21)9-16(10-14)8-12(19)18-13(20)17-7-4-3-5-11(17)15-18/h3-5,7,21H,2,6,8-10H2,1H3. The van der Waals surface area contributed by atoms with Gasteiger partial charge in [0.2, 0.25) is 0 Å². The van der Waals surface area contributed by atoms with Crippen LogP contribution in [0.3, 0.4) is 0 Å². The minimum Gasteiger partial charge on any atom is -0.387 e. The molecule has 0 spiro atoms. The summed E-state index contributed by atoms with van der Waals surface area (Å²) < 4.78 is 2.23. The van der Waals surface area contributed by atoms with Crippen molar-refractivity contribution >= 4 is 11.6 Å². The highest BCUT2D eigenvalue weighted by molar-refractivity contribution is 5.80. The predicted octanol–water partition coefficient (Wildman–Crippen LogP) is -0.0170. The maximum Gasteiger partial charge on any atom is 0.357 e. The number of carbonyl (C=O) groups excluding carboxylic acids is 1. The first-order valence-corrected chi connectivity index (χ1v) is 7.07.